The van der Waals surface area contributed by atoms with E-state index < -0.39 is 12.1 Å². The lowest BCUT2D eigenvalue weighted by atomic mass is 10.2. The average molecular weight is 428 g/mol. The number of hydrogen-bond donors (Lipinski definition) is 0. The molecule has 1 aliphatic heterocycles. The zero-order chi connectivity index (χ0) is 19.1. The van der Waals surface area contributed by atoms with Crippen LogP contribution in [0.3, 0.4) is 0 Å². The van der Waals surface area contributed by atoms with Gasteiger partial charge in [-0.1, -0.05) is 22.0 Å². The van der Waals surface area contributed by atoms with Crippen molar-refractivity contribution in [3.8, 4) is 5.75 Å². The SMILES string of the molecule is CC1CN(C(=O)C(C)OC(=O)CCCOc2cccc(Br)c2)CC(C)O1. The number of hydrogen-bond acceptors (Lipinski definition) is 5. The molecule has 3 atom stereocenters. The Bertz CT molecular complexity index is 614. The van der Waals surface area contributed by atoms with Crippen molar-refractivity contribution in [2.75, 3.05) is 19.7 Å². The summed E-state index contributed by atoms with van der Waals surface area (Å²) in [5.41, 5.74) is 0. The Hall–Kier alpha value is -1.60. The van der Waals surface area contributed by atoms with Crippen LogP contribution < -0.4 is 4.74 Å². The van der Waals surface area contributed by atoms with Crippen molar-refractivity contribution in [2.24, 2.45) is 0 Å². The van der Waals surface area contributed by atoms with Crippen LogP contribution in [0.1, 0.15) is 33.6 Å². The Kier molecular flexibility index (Phi) is 7.90. The van der Waals surface area contributed by atoms with Crippen LogP contribution in [-0.2, 0) is 19.1 Å². The first-order chi connectivity index (χ1) is 12.3. The Labute approximate surface area is 162 Å². The van der Waals surface area contributed by atoms with E-state index in [0.29, 0.717) is 26.1 Å². The van der Waals surface area contributed by atoms with Gasteiger partial charge >= 0.3 is 5.97 Å². The molecule has 0 saturated carbocycles. The maximum absolute atomic E-state index is 12.4. The molecular formula is C19H26BrNO5. The van der Waals surface area contributed by atoms with Crippen molar-refractivity contribution in [2.45, 2.75) is 51.9 Å². The summed E-state index contributed by atoms with van der Waals surface area (Å²) in [4.78, 5) is 26.1. The van der Waals surface area contributed by atoms with Crippen LogP contribution in [0.5, 0.6) is 5.75 Å². The highest BCUT2D eigenvalue weighted by atomic mass is 79.9. The van der Waals surface area contributed by atoms with Crippen LogP contribution in [0.15, 0.2) is 28.7 Å². The molecule has 0 aromatic heterocycles. The van der Waals surface area contributed by atoms with Crippen LogP contribution in [0.2, 0.25) is 0 Å². The topological polar surface area (TPSA) is 65.1 Å². The highest BCUT2D eigenvalue weighted by molar-refractivity contribution is 9.10. The lowest BCUT2D eigenvalue weighted by Gasteiger charge is -2.36. The van der Waals surface area contributed by atoms with E-state index in [2.05, 4.69) is 15.9 Å². The lowest BCUT2D eigenvalue weighted by Crippen LogP contribution is -2.51. The fourth-order valence-corrected chi connectivity index (χ4v) is 3.26. The van der Waals surface area contributed by atoms with E-state index in [4.69, 9.17) is 14.2 Å². The van der Waals surface area contributed by atoms with Crippen LogP contribution in [-0.4, -0.2) is 54.8 Å². The maximum Gasteiger partial charge on any atom is 0.306 e. The van der Waals surface area contributed by atoms with Gasteiger partial charge in [-0.3, -0.25) is 9.59 Å². The Morgan fingerprint density at radius 2 is 2.00 bits per heavy atom. The summed E-state index contributed by atoms with van der Waals surface area (Å²) in [6, 6.07) is 7.52. The smallest absolute Gasteiger partial charge is 0.306 e. The zero-order valence-corrected chi connectivity index (χ0v) is 17.0. The summed E-state index contributed by atoms with van der Waals surface area (Å²) < 4.78 is 17.4. The Balaban J connectivity index is 1.68. The van der Waals surface area contributed by atoms with Crippen LogP contribution in [0.4, 0.5) is 0 Å². The molecule has 1 aliphatic rings. The summed E-state index contributed by atoms with van der Waals surface area (Å²) in [6.45, 7) is 6.92. The quantitative estimate of drug-likeness (QED) is 0.493. The van der Waals surface area contributed by atoms with Gasteiger partial charge in [0.25, 0.3) is 5.91 Å². The van der Waals surface area contributed by atoms with E-state index in [1.807, 2.05) is 38.1 Å². The van der Waals surface area contributed by atoms with Gasteiger partial charge in [0.05, 0.1) is 18.8 Å². The Morgan fingerprint density at radius 1 is 1.31 bits per heavy atom. The summed E-state index contributed by atoms with van der Waals surface area (Å²) in [5, 5.41) is 0. The first kappa shape index (κ1) is 20.7. The predicted octanol–water partition coefficient (Wildman–Crippen LogP) is 3.18. The third kappa shape index (κ3) is 6.61. The summed E-state index contributed by atoms with van der Waals surface area (Å²) in [6.07, 6.45) is -0.0769. The monoisotopic (exact) mass is 427 g/mol. The minimum Gasteiger partial charge on any atom is -0.494 e. The van der Waals surface area contributed by atoms with E-state index in [0.717, 1.165) is 10.2 Å². The molecule has 7 heteroatoms. The van der Waals surface area contributed by atoms with Gasteiger partial charge in [0.15, 0.2) is 6.10 Å². The number of carbonyl (C=O) groups excluding carboxylic acids is 2. The minimum atomic E-state index is -0.786. The molecule has 0 radical (unpaired) electrons. The zero-order valence-electron chi connectivity index (χ0n) is 15.4. The van der Waals surface area contributed by atoms with E-state index in [1.54, 1.807) is 11.8 Å². The fraction of sp³-hybridized carbons (Fsp3) is 0.579. The van der Waals surface area contributed by atoms with Gasteiger partial charge in [0.2, 0.25) is 0 Å². The third-order valence-electron chi connectivity index (χ3n) is 3.98. The third-order valence-corrected chi connectivity index (χ3v) is 4.47. The predicted molar refractivity (Wildman–Crippen MR) is 101 cm³/mol. The molecule has 2 rings (SSSR count). The number of ether oxygens (including phenoxy) is 3. The number of amides is 1. The van der Waals surface area contributed by atoms with E-state index >= 15 is 0 Å². The largest absolute Gasteiger partial charge is 0.494 e. The summed E-state index contributed by atoms with van der Waals surface area (Å²) in [5.74, 6) is 0.177. The van der Waals surface area contributed by atoms with Crippen molar-refractivity contribution in [3.63, 3.8) is 0 Å². The molecule has 26 heavy (non-hydrogen) atoms. The first-order valence-electron chi connectivity index (χ1n) is 8.87. The molecule has 1 aromatic rings. The average Bonchev–Trinajstić information content (AvgIpc) is 2.57. The molecule has 0 N–H and O–H groups in total. The second kappa shape index (κ2) is 9.92. The van der Waals surface area contributed by atoms with Crippen molar-refractivity contribution >= 4 is 27.8 Å². The number of morpholine rings is 1. The lowest BCUT2D eigenvalue weighted by molar-refractivity contribution is -0.164. The molecule has 0 aliphatic carbocycles. The van der Waals surface area contributed by atoms with Gasteiger partial charge in [-0.15, -0.1) is 0 Å². The molecule has 0 bridgehead atoms. The van der Waals surface area contributed by atoms with Crippen molar-refractivity contribution in [1.29, 1.82) is 0 Å². The van der Waals surface area contributed by atoms with Crippen LogP contribution >= 0.6 is 15.9 Å². The molecule has 1 aromatic carbocycles. The van der Waals surface area contributed by atoms with Gasteiger partial charge in [0, 0.05) is 24.0 Å². The normalized spacial score (nSPS) is 21.2. The molecule has 1 saturated heterocycles. The minimum absolute atomic E-state index is 0.0132. The van der Waals surface area contributed by atoms with E-state index in [9.17, 15) is 9.59 Å². The van der Waals surface area contributed by atoms with Gasteiger partial charge in [-0.05, 0) is 45.4 Å². The van der Waals surface area contributed by atoms with Gasteiger partial charge in [0.1, 0.15) is 5.75 Å². The first-order valence-corrected chi connectivity index (χ1v) is 9.66. The molecule has 1 fully saturated rings. The van der Waals surface area contributed by atoms with Gasteiger partial charge in [-0.2, -0.15) is 0 Å². The standard InChI is InChI=1S/C19H26BrNO5/c1-13-11-21(12-14(2)25-13)19(23)15(3)26-18(22)8-5-9-24-17-7-4-6-16(20)10-17/h4,6-7,10,13-15H,5,8-9,11-12H2,1-3H3. The van der Waals surface area contributed by atoms with Crippen molar-refractivity contribution < 1.29 is 23.8 Å². The van der Waals surface area contributed by atoms with E-state index in [1.165, 1.54) is 0 Å². The van der Waals surface area contributed by atoms with Crippen molar-refractivity contribution in [3.05, 3.63) is 28.7 Å². The molecule has 1 amide bonds. The second-order valence-corrected chi connectivity index (χ2v) is 7.46. The molecule has 144 valence electrons. The molecular weight excluding hydrogens is 402 g/mol. The van der Waals surface area contributed by atoms with Crippen molar-refractivity contribution in [1.82, 2.24) is 4.90 Å². The second-order valence-electron chi connectivity index (χ2n) is 6.54. The Morgan fingerprint density at radius 3 is 2.65 bits per heavy atom. The fourth-order valence-electron chi connectivity index (χ4n) is 2.88. The number of nitrogens with zero attached hydrogens (tertiary/aromatic N) is 1. The highest BCUT2D eigenvalue weighted by Gasteiger charge is 2.30. The summed E-state index contributed by atoms with van der Waals surface area (Å²) in [7, 11) is 0. The number of benzene rings is 1. The molecule has 6 nitrogen and oxygen atoms in total. The number of rotatable bonds is 7. The number of halogens is 1. The summed E-state index contributed by atoms with van der Waals surface area (Å²) >= 11 is 3.38. The van der Waals surface area contributed by atoms with E-state index in [-0.39, 0.29) is 24.5 Å². The molecule has 3 unspecified atom stereocenters. The number of esters is 1. The molecule has 0 spiro atoms. The van der Waals surface area contributed by atoms with Crippen LogP contribution in [0, 0.1) is 0 Å². The van der Waals surface area contributed by atoms with Gasteiger partial charge in [-0.25, -0.2) is 0 Å². The maximum atomic E-state index is 12.4. The van der Waals surface area contributed by atoms with Gasteiger partial charge < -0.3 is 19.1 Å². The van der Waals surface area contributed by atoms with Crippen LogP contribution in [0.25, 0.3) is 0 Å². The highest BCUT2D eigenvalue weighted by Crippen LogP contribution is 2.18. The molecule has 1 heterocycles. The number of carbonyl (C=O) groups is 2.